The first kappa shape index (κ1) is 16.9. The van der Waals surface area contributed by atoms with Crippen molar-refractivity contribution < 1.29 is 0 Å². The molecule has 0 amide bonds. The zero-order chi connectivity index (χ0) is 17.5. The van der Waals surface area contributed by atoms with Crippen LogP contribution in [0.15, 0.2) is 84.0 Å². The van der Waals surface area contributed by atoms with Gasteiger partial charge in [-0.25, -0.2) is 4.99 Å². The van der Waals surface area contributed by atoms with Crippen molar-refractivity contribution in [3.63, 3.8) is 0 Å². The van der Waals surface area contributed by atoms with Gasteiger partial charge in [-0.15, -0.1) is 0 Å². The van der Waals surface area contributed by atoms with E-state index in [1.165, 1.54) is 5.69 Å². The van der Waals surface area contributed by atoms with Gasteiger partial charge in [0.25, 0.3) is 0 Å². The van der Waals surface area contributed by atoms with E-state index in [0.717, 1.165) is 35.7 Å². The van der Waals surface area contributed by atoms with Crippen molar-refractivity contribution in [1.82, 2.24) is 4.98 Å². The van der Waals surface area contributed by atoms with E-state index in [1.807, 2.05) is 36.4 Å². The summed E-state index contributed by atoms with van der Waals surface area (Å²) in [6, 6.07) is 24.5. The average molecular weight is 329 g/mol. The molecule has 1 heterocycles. The van der Waals surface area contributed by atoms with Crippen molar-refractivity contribution in [3.05, 3.63) is 90.3 Å². The smallest absolute Gasteiger partial charge is 0.0965 e. The Kier molecular flexibility index (Phi) is 5.57. The zero-order valence-electron chi connectivity index (χ0n) is 14.8. The van der Waals surface area contributed by atoms with E-state index in [4.69, 9.17) is 4.99 Å². The molecule has 0 aliphatic heterocycles. The SMILES string of the molecule is CCN(CC)c1ccc(N=C(c2ccccc2)c2ccccn2)cc1. The monoisotopic (exact) mass is 329 g/mol. The van der Waals surface area contributed by atoms with Crippen molar-refractivity contribution in [3.8, 4) is 0 Å². The molecule has 0 atom stereocenters. The summed E-state index contributed by atoms with van der Waals surface area (Å²) in [5, 5.41) is 0. The van der Waals surface area contributed by atoms with Gasteiger partial charge >= 0.3 is 0 Å². The van der Waals surface area contributed by atoms with Gasteiger partial charge in [-0.05, 0) is 50.2 Å². The Hall–Kier alpha value is -2.94. The Balaban J connectivity index is 1.99. The van der Waals surface area contributed by atoms with Gasteiger partial charge in [0.1, 0.15) is 0 Å². The van der Waals surface area contributed by atoms with Gasteiger partial charge < -0.3 is 4.90 Å². The van der Waals surface area contributed by atoms with Gasteiger partial charge in [-0.2, -0.15) is 0 Å². The fourth-order valence-electron chi connectivity index (χ4n) is 2.82. The first-order valence-electron chi connectivity index (χ1n) is 8.72. The van der Waals surface area contributed by atoms with Gasteiger partial charge in [0.15, 0.2) is 0 Å². The summed E-state index contributed by atoms with van der Waals surface area (Å²) in [6.07, 6.45) is 1.80. The predicted molar refractivity (Wildman–Crippen MR) is 106 cm³/mol. The number of benzene rings is 2. The molecule has 3 rings (SSSR count). The lowest BCUT2D eigenvalue weighted by atomic mass is 10.1. The highest BCUT2D eigenvalue weighted by molar-refractivity contribution is 6.12. The Morgan fingerprint density at radius 3 is 2.12 bits per heavy atom. The van der Waals surface area contributed by atoms with Gasteiger partial charge in [-0.1, -0.05) is 36.4 Å². The molecule has 0 saturated heterocycles. The van der Waals surface area contributed by atoms with Crippen molar-refractivity contribution in [2.75, 3.05) is 18.0 Å². The largest absolute Gasteiger partial charge is 0.372 e. The number of hydrogen-bond acceptors (Lipinski definition) is 3. The number of aliphatic imine (C=N–C) groups is 1. The van der Waals surface area contributed by atoms with Gasteiger partial charge in [0, 0.05) is 30.5 Å². The fourth-order valence-corrected chi connectivity index (χ4v) is 2.82. The molecule has 0 bridgehead atoms. The molecule has 0 N–H and O–H groups in total. The lowest BCUT2D eigenvalue weighted by molar-refractivity contribution is 0.866. The van der Waals surface area contributed by atoms with Crippen LogP contribution in [0.25, 0.3) is 0 Å². The van der Waals surface area contributed by atoms with Gasteiger partial charge in [0.05, 0.1) is 17.1 Å². The number of hydrogen-bond donors (Lipinski definition) is 0. The Morgan fingerprint density at radius 2 is 1.52 bits per heavy atom. The third kappa shape index (κ3) is 4.13. The van der Waals surface area contributed by atoms with E-state index in [-0.39, 0.29) is 0 Å². The van der Waals surface area contributed by atoms with Crippen LogP contribution in [0.5, 0.6) is 0 Å². The zero-order valence-corrected chi connectivity index (χ0v) is 14.8. The molecule has 0 spiro atoms. The van der Waals surface area contributed by atoms with Crippen molar-refractivity contribution in [2.45, 2.75) is 13.8 Å². The minimum atomic E-state index is 0.876. The van der Waals surface area contributed by atoms with Crippen LogP contribution in [0, 0.1) is 0 Å². The van der Waals surface area contributed by atoms with Crippen LogP contribution in [-0.2, 0) is 0 Å². The highest BCUT2D eigenvalue weighted by Gasteiger charge is 2.08. The molecule has 0 unspecified atom stereocenters. The first-order chi connectivity index (χ1) is 12.3. The minimum Gasteiger partial charge on any atom is -0.372 e. The van der Waals surface area contributed by atoms with Crippen molar-refractivity contribution in [1.29, 1.82) is 0 Å². The highest BCUT2D eigenvalue weighted by atomic mass is 15.1. The Morgan fingerprint density at radius 1 is 0.840 bits per heavy atom. The van der Waals surface area contributed by atoms with Crippen molar-refractivity contribution in [2.24, 2.45) is 4.99 Å². The quantitative estimate of drug-likeness (QED) is 0.589. The summed E-state index contributed by atoms with van der Waals surface area (Å²) in [4.78, 5) is 11.7. The number of pyridine rings is 1. The van der Waals surface area contributed by atoms with E-state index in [1.54, 1.807) is 6.20 Å². The van der Waals surface area contributed by atoms with E-state index in [0.29, 0.717) is 0 Å². The maximum atomic E-state index is 4.89. The van der Waals surface area contributed by atoms with Crippen LogP contribution < -0.4 is 4.90 Å². The van der Waals surface area contributed by atoms with E-state index in [9.17, 15) is 0 Å². The summed E-state index contributed by atoms with van der Waals surface area (Å²) >= 11 is 0. The summed E-state index contributed by atoms with van der Waals surface area (Å²) in [6.45, 7) is 6.35. The normalized spacial score (nSPS) is 11.4. The summed E-state index contributed by atoms with van der Waals surface area (Å²) < 4.78 is 0. The Labute approximate surface area is 149 Å². The Bertz CT molecular complexity index is 763. The summed E-state index contributed by atoms with van der Waals surface area (Å²) in [7, 11) is 0. The maximum absolute atomic E-state index is 4.89. The molecule has 0 aliphatic carbocycles. The predicted octanol–water partition coefficient (Wildman–Crippen LogP) is 5.10. The van der Waals surface area contributed by atoms with Crippen LogP contribution in [0.2, 0.25) is 0 Å². The van der Waals surface area contributed by atoms with Gasteiger partial charge in [-0.3, -0.25) is 4.98 Å². The topological polar surface area (TPSA) is 28.5 Å². The van der Waals surface area contributed by atoms with Crippen LogP contribution in [0.1, 0.15) is 25.1 Å². The first-order valence-corrected chi connectivity index (χ1v) is 8.72. The molecule has 0 aliphatic rings. The summed E-state index contributed by atoms with van der Waals surface area (Å²) in [5.41, 5.74) is 4.98. The second-order valence-corrected chi connectivity index (χ2v) is 5.73. The van der Waals surface area contributed by atoms with Crippen molar-refractivity contribution >= 4 is 17.1 Å². The van der Waals surface area contributed by atoms with Crippen LogP contribution in [-0.4, -0.2) is 23.8 Å². The van der Waals surface area contributed by atoms with Gasteiger partial charge in [0.2, 0.25) is 0 Å². The lowest BCUT2D eigenvalue weighted by Gasteiger charge is -2.20. The summed E-state index contributed by atoms with van der Waals surface area (Å²) in [5.74, 6) is 0. The number of nitrogens with zero attached hydrogens (tertiary/aromatic N) is 3. The molecule has 126 valence electrons. The number of aromatic nitrogens is 1. The molecular formula is C22H23N3. The van der Waals surface area contributed by atoms with E-state index in [2.05, 4.69) is 60.1 Å². The number of rotatable bonds is 6. The fraction of sp³-hybridized carbons (Fsp3) is 0.182. The van der Waals surface area contributed by atoms with Crippen LogP contribution >= 0.6 is 0 Å². The van der Waals surface area contributed by atoms with Crippen LogP contribution in [0.3, 0.4) is 0 Å². The molecule has 25 heavy (non-hydrogen) atoms. The van der Waals surface area contributed by atoms with Crippen LogP contribution in [0.4, 0.5) is 11.4 Å². The molecule has 0 fully saturated rings. The standard InChI is InChI=1S/C22H23N3/c1-3-25(4-2)20-15-13-19(14-16-20)24-22(18-10-6-5-7-11-18)21-12-8-9-17-23-21/h5-17H,3-4H2,1-2H3. The highest BCUT2D eigenvalue weighted by Crippen LogP contribution is 2.22. The second-order valence-electron chi connectivity index (χ2n) is 5.73. The second kappa shape index (κ2) is 8.25. The molecule has 2 aromatic carbocycles. The third-order valence-electron chi connectivity index (χ3n) is 4.17. The van der Waals surface area contributed by atoms with E-state index >= 15 is 0 Å². The molecule has 3 aromatic rings. The van der Waals surface area contributed by atoms with E-state index < -0.39 is 0 Å². The molecule has 1 aromatic heterocycles. The number of anilines is 1. The molecule has 3 nitrogen and oxygen atoms in total. The molecular weight excluding hydrogens is 306 g/mol. The minimum absolute atomic E-state index is 0.876. The molecule has 0 saturated carbocycles. The molecule has 0 radical (unpaired) electrons. The molecule has 3 heteroatoms. The lowest BCUT2D eigenvalue weighted by Crippen LogP contribution is -2.21. The average Bonchev–Trinajstić information content (AvgIpc) is 2.69. The maximum Gasteiger partial charge on any atom is 0.0965 e. The third-order valence-corrected chi connectivity index (χ3v) is 4.17.